The van der Waals surface area contributed by atoms with Crippen molar-refractivity contribution in [2.75, 3.05) is 10.0 Å². The van der Waals surface area contributed by atoms with Crippen LogP contribution < -0.4 is 10.0 Å². The van der Waals surface area contributed by atoms with Gasteiger partial charge in [0.05, 0.1) is 17.1 Å². The van der Waals surface area contributed by atoms with Gasteiger partial charge in [-0.2, -0.15) is 0 Å². The van der Waals surface area contributed by atoms with Crippen LogP contribution in [0.4, 0.5) is 25.8 Å². The Morgan fingerprint density at radius 2 is 1.36 bits per heavy atom. The van der Waals surface area contributed by atoms with Gasteiger partial charge in [0.1, 0.15) is 16.5 Å². The second-order valence-electron chi connectivity index (χ2n) is 5.76. The van der Waals surface area contributed by atoms with Crippen molar-refractivity contribution in [2.24, 2.45) is 0 Å². The molecule has 0 aliphatic heterocycles. The molecular formula is C18H12F2N4O3S. The van der Waals surface area contributed by atoms with Crippen LogP contribution in [0.15, 0.2) is 70.2 Å². The van der Waals surface area contributed by atoms with Gasteiger partial charge in [-0.15, -0.1) is 0 Å². The Morgan fingerprint density at radius 1 is 0.750 bits per heavy atom. The van der Waals surface area contributed by atoms with Crippen molar-refractivity contribution >= 4 is 38.1 Å². The number of hydrogen-bond donors (Lipinski definition) is 2. The van der Waals surface area contributed by atoms with E-state index in [1.807, 2.05) is 0 Å². The lowest BCUT2D eigenvalue weighted by atomic mass is 10.2. The van der Waals surface area contributed by atoms with Crippen LogP contribution in [-0.2, 0) is 10.0 Å². The van der Waals surface area contributed by atoms with Crippen LogP contribution in [0.5, 0.6) is 0 Å². The standard InChI is InChI=1S/C18H12F2N4O3S/c19-11-5-1-3-7-13(11)21-15-9-10-16(18-17(15)22-27-23-18)28(25,26)24-14-8-4-2-6-12(14)20/h1-10,21,24H. The molecule has 28 heavy (non-hydrogen) atoms. The van der Waals surface area contributed by atoms with E-state index in [9.17, 15) is 17.2 Å². The molecule has 0 aliphatic rings. The zero-order valence-corrected chi connectivity index (χ0v) is 14.9. The van der Waals surface area contributed by atoms with Crippen LogP contribution in [0.25, 0.3) is 11.0 Å². The average molecular weight is 402 g/mol. The first kappa shape index (κ1) is 17.9. The summed E-state index contributed by atoms with van der Waals surface area (Å²) in [7, 11) is -4.18. The van der Waals surface area contributed by atoms with Gasteiger partial charge < -0.3 is 5.32 Å². The fourth-order valence-corrected chi connectivity index (χ4v) is 3.81. The minimum absolute atomic E-state index is 0.0785. The summed E-state index contributed by atoms with van der Waals surface area (Å²) in [4.78, 5) is -0.258. The van der Waals surface area contributed by atoms with Gasteiger partial charge in [-0.05, 0) is 46.7 Å². The second kappa shape index (κ2) is 6.89. The highest BCUT2D eigenvalue weighted by Crippen LogP contribution is 2.31. The Kier molecular flexibility index (Phi) is 4.40. The predicted octanol–water partition coefficient (Wildman–Crippen LogP) is 4.05. The quantitative estimate of drug-likeness (QED) is 0.523. The van der Waals surface area contributed by atoms with E-state index in [0.29, 0.717) is 5.69 Å². The van der Waals surface area contributed by atoms with Crippen molar-refractivity contribution in [3.63, 3.8) is 0 Å². The third-order valence-electron chi connectivity index (χ3n) is 3.93. The van der Waals surface area contributed by atoms with Crippen LogP contribution >= 0.6 is 0 Å². The van der Waals surface area contributed by atoms with Gasteiger partial charge in [-0.1, -0.05) is 24.3 Å². The number of nitrogens with zero attached hydrogens (tertiary/aromatic N) is 2. The maximum absolute atomic E-state index is 13.9. The summed E-state index contributed by atoms with van der Waals surface area (Å²) in [5.41, 5.74) is 0.267. The molecule has 0 spiro atoms. The van der Waals surface area contributed by atoms with Crippen molar-refractivity contribution in [1.82, 2.24) is 10.3 Å². The molecule has 4 rings (SSSR count). The summed E-state index contributed by atoms with van der Waals surface area (Å²) in [6.45, 7) is 0. The summed E-state index contributed by atoms with van der Waals surface area (Å²) in [5, 5.41) is 10.2. The molecule has 2 N–H and O–H groups in total. The van der Waals surface area contributed by atoms with Crippen molar-refractivity contribution in [1.29, 1.82) is 0 Å². The maximum Gasteiger partial charge on any atom is 0.264 e. The van der Waals surface area contributed by atoms with Crippen molar-refractivity contribution in [3.8, 4) is 0 Å². The third-order valence-corrected chi connectivity index (χ3v) is 5.33. The monoisotopic (exact) mass is 402 g/mol. The molecule has 10 heteroatoms. The van der Waals surface area contributed by atoms with E-state index in [-0.39, 0.29) is 27.3 Å². The zero-order valence-electron chi connectivity index (χ0n) is 14.1. The summed E-state index contributed by atoms with van der Waals surface area (Å²) in [6.07, 6.45) is 0. The number of nitrogens with one attached hydrogen (secondary N) is 2. The molecule has 0 radical (unpaired) electrons. The Balaban J connectivity index is 1.75. The van der Waals surface area contributed by atoms with Gasteiger partial charge in [-0.25, -0.2) is 21.8 Å². The van der Waals surface area contributed by atoms with E-state index in [1.54, 1.807) is 6.07 Å². The van der Waals surface area contributed by atoms with E-state index in [2.05, 4.69) is 25.0 Å². The molecule has 3 aromatic carbocycles. The van der Waals surface area contributed by atoms with Crippen LogP contribution in [0.1, 0.15) is 0 Å². The molecule has 0 unspecified atom stereocenters. The molecule has 142 valence electrons. The fourth-order valence-electron chi connectivity index (χ4n) is 2.61. The SMILES string of the molecule is O=S(=O)(Nc1ccccc1F)c1ccc(Nc2ccccc2F)c2nonc12. The van der Waals surface area contributed by atoms with Crippen LogP contribution in [0, 0.1) is 11.6 Å². The fraction of sp³-hybridized carbons (Fsp3) is 0. The Hall–Kier alpha value is -3.53. The number of rotatable bonds is 5. The Labute approximate surface area is 158 Å². The molecular weight excluding hydrogens is 390 g/mol. The maximum atomic E-state index is 13.9. The minimum atomic E-state index is -4.18. The number of sulfonamides is 1. The molecule has 7 nitrogen and oxygen atoms in total. The van der Waals surface area contributed by atoms with Gasteiger partial charge in [0.15, 0.2) is 11.0 Å². The molecule has 0 atom stereocenters. The van der Waals surface area contributed by atoms with E-state index in [4.69, 9.17) is 0 Å². The minimum Gasteiger partial charge on any atom is -0.351 e. The lowest BCUT2D eigenvalue weighted by Gasteiger charge is -2.11. The lowest BCUT2D eigenvalue weighted by Crippen LogP contribution is -2.14. The predicted molar refractivity (Wildman–Crippen MR) is 98.7 cm³/mol. The molecule has 1 heterocycles. The van der Waals surface area contributed by atoms with Gasteiger partial charge in [0.25, 0.3) is 10.0 Å². The average Bonchev–Trinajstić information content (AvgIpc) is 3.15. The number of anilines is 3. The van der Waals surface area contributed by atoms with Gasteiger partial charge in [0, 0.05) is 0 Å². The number of hydrogen-bond acceptors (Lipinski definition) is 6. The molecule has 0 amide bonds. The Bertz CT molecular complexity index is 1270. The van der Waals surface area contributed by atoms with E-state index >= 15 is 0 Å². The first-order valence-corrected chi connectivity index (χ1v) is 9.48. The topological polar surface area (TPSA) is 97.1 Å². The second-order valence-corrected chi connectivity index (χ2v) is 7.41. The van der Waals surface area contributed by atoms with Crippen LogP contribution in [0.2, 0.25) is 0 Å². The van der Waals surface area contributed by atoms with E-state index in [0.717, 1.165) is 6.07 Å². The number of halogens is 2. The zero-order chi connectivity index (χ0) is 19.7. The molecule has 4 aromatic rings. The van der Waals surface area contributed by atoms with Gasteiger partial charge in [0.2, 0.25) is 0 Å². The number of aromatic nitrogens is 2. The largest absolute Gasteiger partial charge is 0.351 e. The summed E-state index contributed by atoms with van der Waals surface area (Å²) < 4.78 is 60.0. The number of para-hydroxylation sites is 2. The number of benzene rings is 3. The normalized spacial score (nSPS) is 11.5. The van der Waals surface area contributed by atoms with E-state index < -0.39 is 21.7 Å². The lowest BCUT2D eigenvalue weighted by molar-refractivity contribution is 0.315. The first-order chi connectivity index (χ1) is 13.5. The number of fused-ring (bicyclic) bond motifs is 1. The van der Waals surface area contributed by atoms with Crippen LogP contribution in [-0.4, -0.2) is 18.7 Å². The van der Waals surface area contributed by atoms with Crippen molar-refractivity contribution in [2.45, 2.75) is 4.90 Å². The summed E-state index contributed by atoms with van der Waals surface area (Å²) in [6, 6.07) is 14.0. The highest BCUT2D eigenvalue weighted by atomic mass is 32.2. The Morgan fingerprint density at radius 3 is 2.04 bits per heavy atom. The highest BCUT2D eigenvalue weighted by molar-refractivity contribution is 7.93. The molecule has 0 fully saturated rings. The van der Waals surface area contributed by atoms with E-state index in [1.165, 1.54) is 48.5 Å². The first-order valence-electron chi connectivity index (χ1n) is 8.00. The van der Waals surface area contributed by atoms with Gasteiger partial charge in [-0.3, -0.25) is 4.72 Å². The summed E-state index contributed by atoms with van der Waals surface area (Å²) >= 11 is 0. The van der Waals surface area contributed by atoms with Crippen LogP contribution in [0.3, 0.4) is 0 Å². The highest BCUT2D eigenvalue weighted by Gasteiger charge is 2.23. The smallest absolute Gasteiger partial charge is 0.264 e. The molecule has 1 aromatic heterocycles. The summed E-state index contributed by atoms with van der Waals surface area (Å²) in [5.74, 6) is -1.22. The molecule has 0 bridgehead atoms. The van der Waals surface area contributed by atoms with Gasteiger partial charge >= 0.3 is 0 Å². The van der Waals surface area contributed by atoms with Crippen molar-refractivity contribution < 1.29 is 21.8 Å². The third kappa shape index (κ3) is 3.25. The molecule has 0 saturated heterocycles. The molecule has 0 saturated carbocycles. The molecule has 0 aliphatic carbocycles. The van der Waals surface area contributed by atoms with Crippen molar-refractivity contribution in [3.05, 3.63) is 72.3 Å².